The minimum absolute atomic E-state index is 0.153. The van der Waals surface area contributed by atoms with Crippen LogP contribution in [-0.4, -0.2) is 19.3 Å². The summed E-state index contributed by atoms with van der Waals surface area (Å²) < 4.78 is -0.153. The molecule has 1 aromatic rings. The first-order chi connectivity index (χ1) is 5.96. The third-order valence-electron chi connectivity index (χ3n) is 2.23. The predicted octanol–water partition coefficient (Wildman–Crippen LogP) is 1.41. The topological polar surface area (TPSA) is 46.2 Å². The Bertz CT molecular complexity index is 302. The van der Waals surface area contributed by atoms with Gasteiger partial charge in [0.25, 0.3) is 0 Å². The molecule has 0 bridgehead atoms. The van der Waals surface area contributed by atoms with E-state index >= 15 is 0 Å². The zero-order valence-corrected chi connectivity index (χ0v) is 8.41. The molecule has 0 amide bonds. The molecule has 0 radical (unpaired) electrons. The average molecular weight is 181 g/mol. The summed E-state index contributed by atoms with van der Waals surface area (Å²) in [6.07, 6.45) is 0. The number of rotatable bonds is 2. The molecule has 3 N–H and O–H groups in total. The van der Waals surface area contributed by atoms with Crippen molar-refractivity contribution in [3.8, 4) is 0 Å². The molecule has 0 saturated carbocycles. The summed E-state index contributed by atoms with van der Waals surface area (Å²) in [7, 11) is 3.45. The van der Waals surface area contributed by atoms with Crippen molar-refractivity contribution in [2.24, 2.45) is 5.73 Å². The van der Waals surface area contributed by atoms with E-state index in [1.165, 1.54) is 0 Å². The average Bonchev–Trinajstić information content (AvgIpc) is 2.02. The minimum atomic E-state index is -0.153. The molecular formula is C10H17N2O+. The first kappa shape index (κ1) is 10.2. The Hall–Kier alpha value is -0.900. The van der Waals surface area contributed by atoms with Crippen LogP contribution in [0.2, 0.25) is 0 Å². The van der Waals surface area contributed by atoms with Gasteiger partial charge in [0.2, 0.25) is 0 Å². The Morgan fingerprint density at radius 1 is 1.38 bits per heavy atom. The van der Waals surface area contributed by atoms with Crippen molar-refractivity contribution in [1.29, 1.82) is 0 Å². The van der Waals surface area contributed by atoms with Crippen molar-refractivity contribution in [3.05, 3.63) is 29.3 Å². The molecule has 0 spiro atoms. The Balaban J connectivity index is 3.24. The van der Waals surface area contributed by atoms with Gasteiger partial charge in [-0.2, -0.15) is 4.65 Å². The quantitative estimate of drug-likeness (QED) is 0.535. The zero-order chi connectivity index (χ0) is 10.1. The Kier molecular flexibility index (Phi) is 2.71. The standard InChI is InChI=1S/C10H17N2O/c1-8-9(7-11)5-4-6-10(8)12(2,3)13/h4-6,13H,7,11H2,1-3H3/q+1. The second-order valence-corrected chi connectivity index (χ2v) is 3.66. The third-order valence-corrected chi connectivity index (χ3v) is 2.23. The fourth-order valence-corrected chi connectivity index (χ4v) is 1.48. The van der Waals surface area contributed by atoms with Gasteiger partial charge in [-0.05, 0) is 12.5 Å². The number of benzene rings is 1. The van der Waals surface area contributed by atoms with Gasteiger partial charge in [0.1, 0.15) is 14.1 Å². The molecule has 0 fully saturated rings. The third kappa shape index (κ3) is 2.06. The maximum atomic E-state index is 9.79. The molecule has 72 valence electrons. The summed E-state index contributed by atoms with van der Waals surface area (Å²) in [5.74, 6) is 0. The van der Waals surface area contributed by atoms with Crippen LogP contribution in [0.4, 0.5) is 5.69 Å². The van der Waals surface area contributed by atoms with E-state index < -0.39 is 0 Å². The van der Waals surface area contributed by atoms with Gasteiger partial charge in [0.15, 0.2) is 5.69 Å². The van der Waals surface area contributed by atoms with Crippen LogP contribution in [0.5, 0.6) is 0 Å². The molecule has 0 unspecified atom stereocenters. The van der Waals surface area contributed by atoms with E-state index in [0.717, 1.165) is 16.8 Å². The number of nitrogens with zero attached hydrogens (tertiary/aromatic N) is 1. The lowest BCUT2D eigenvalue weighted by Crippen LogP contribution is -2.36. The predicted molar refractivity (Wildman–Crippen MR) is 54.5 cm³/mol. The maximum Gasteiger partial charge on any atom is 0.167 e. The van der Waals surface area contributed by atoms with Gasteiger partial charge in [0.05, 0.1) is 0 Å². The Morgan fingerprint density at radius 2 is 2.00 bits per heavy atom. The molecule has 0 aromatic heterocycles. The van der Waals surface area contributed by atoms with Crippen molar-refractivity contribution < 1.29 is 5.21 Å². The van der Waals surface area contributed by atoms with Gasteiger partial charge in [-0.25, -0.2) is 5.21 Å². The molecule has 3 heteroatoms. The Labute approximate surface area is 78.9 Å². The van der Waals surface area contributed by atoms with Crippen molar-refractivity contribution >= 4 is 5.69 Å². The second kappa shape index (κ2) is 3.46. The monoisotopic (exact) mass is 181 g/mol. The summed E-state index contributed by atoms with van der Waals surface area (Å²) in [5.41, 5.74) is 8.61. The highest BCUT2D eigenvalue weighted by Gasteiger charge is 2.19. The van der Waals surface area contributed by atoms with E-state index in [0.29, 0.717) is 6.54 Å². The van der Waals surface area contributed by atoms with Crippen LogP contribution in [0.1, 0.15) is 11.1 Å². The van der Waals surface area contributed by atoms with Gasteiger partial charge < -0.3 is 5.73 Å². The maximum absolute atomic E-state index is 9.79. The number of nitrogens with two attached hydrogens (primary N) is 1. The lowest BCUT2D eigenvalue weighted by Gasteiger charge is -2.21. The number of hydrogen-bond acceptors (Lipinski definition) is 2. The van der Waals surface area contributed by atoms with E-state index in [-0.39, 0.29) is 4.65 Å². The van der Waals surface area contributed by atoms with Crippen molar-refractivity contribution in [1.82, 2.24) is 4.65 Å². The van der Waals surface area contributed by atoms with Crippen LogP contribution in [0, 0.1) is 6.92 Å². The molecule has 0 aliphatic rings. The van der Waals surface area contributed by atoms with Crippen molar-refractivity contribution in [2.45, 2.75) is 13.5 Å². The van der Waals surface area contributed by atoms with E-state index in [1.54, 1.807) is 14.1 Å². The van der Waals surface area contributed by atoms with Crippen LogP contribution in [0.15, 0.2) is 18.2 Å². The smallest absolute Gasteiger partial charge is 0.167 e. The van der Waals surface area contributed by atoms with Crippen LogP contribution in [-0.2, 0) is 6.54 Å². The van der Waals surface area contributed by atoms with E-state index in [2.05, 4.69) is 0 Å². The van der Waals surface area contributed by atoms with E-state index in [9.17, 15) is 5.21 Å². The number of hydroxylamine groups is 2. The van der Waals surface area contributed by atoms with Gasteiger partial charge in [-0.3, -0.25) is 0 Å². The molecule has 0 atom stereocenters. The normalized spacial score (nSPS) is 11.8. The molecule has 0 aliphatic carbocycles. The van der Waals surface area contributed by atoms with Crippen molar-refractivity contribution in [3.63, 3.8) is 0 Å². The summed E-state index contributed by atoms with van der Waals surface area (Å²) in [6, 6.07) is 5.81. The van der Waals surface area contributed by atoms with Crippen LogP contribution in [0.25, 0.3) is 0 Å². The van der Waals surface area contributed by atoms with Crippen LogP contribution < -0.4 is 10.4 Å². The first-order valence-corrected chi connectivity index (χ1v) is 4.32. The second-order valence-electron chi connectivity index (χ2n) is 3.66. The molecule has 0 heterocycles. The summed E-state index contributed by atoms with van der Waals surface area (Å²) in [5, 5.41) is 9.79. The molecule has 13 heavy (non-hydrogen) atoms. The minimum Gasteiger partial charge on any atom is -0.326 e. The zero-order valence-electron chi connectivity index (χ0n) is 8.41. The highest BCUT2D eigenvalue weighted by Crippen LogP contribution is 2.24. The molecular weight excluding hydrogens is 164 g/mol. The van der Waals surface area contributed by atoms with Crippen molar-refractivity contribution in [2.75, 3.05) is 14.1 Å². The molecule has 1 aromatic carbocycles. The van der Waals surface area contributed by atoms with E-state index in [4.69, 9.17) is 5.73 Å². The summed E-state index contributed by atoms with van der Waals surface area (Å²) in [4.78, 5) is 0. The molecule has 3 nitrogen and oxygen atoms in total. The summed E-state index contributed by atoms with van der Waals surface area (Å²) >= 11 is 0. The molecule has 0 aliphatic heterocycles. The highest BCUT2D eigenvalue weighted by molar-refractivity contribution is 5.51. The first-order valence-electron chi connectivity index (χ1n) is 4.32. The van der Waals surface area contributed by atoms with Gasteiger partial charge >= 0.3 is 0 Å². The summed E-state index contributed by atoms with van der Waals surface area (Å²) in [6.45, 7) is 2.49. The van der Waals surface area contributed by atoms with Gasteiger partial charge in [0, 0.05) is 18.2 Å². The molecule has 0 saturated heterocycles. The fourth-order valence-electron chi connectivity index (χ4n) is 1.48. The largest absolute Gasteiger partial charge is 0.326 e. The van der Waals surface area contributed by atoms with Gasteiger partial charge in [-0.15, -0.1) is 0 Å². The van der Waals surface area contributed by atoms with Crippen LogP contribution in [0.3, 0.4) is 0 Å². The SMILES string of the molecule is Cc1c(CN)cccc1[N+](C)(C)O. The van der Waals surface area contributed by atoms with Crippen LogP contribution >= 0.6 is 0 Å². The lowest BCUT2D eigenvalue weighted by atomic mass is 10.1. The Morgan fingerprint density at radius 3 is 2.46 bits per heavy atom. The molecule has 1 rings (SSSR count). The highest BCUT2D eigenvalue weighted by atomic mass is 16.5. The number of hydrogen-bond donors (Lipinski definition) is 2. The number of quaternary nitrogens is 1. The lowest BCUT2D eigenvalue weighted by molar-refractivity contribution is -0.0288. The van der Waals surface area contributed by atoms with Gasteiger partial charge in [-0.1, -0.05) is 12.1 Å². The van der Waals surface area contributed by atoms with E-state index in [1.807, 2.05) is 25.1 Å². The fraction of sp³-hybridized carbons (Fsp3) is 0.400.